The SMILES string of the molecule is COc1ccc([C@H]2CC[C@H](CN(c3cc(-c4cnn(C(C)(C)C)c4)ccn3)C(=O)[C@H]3CC[C@H](OC(=O)NC4CCOCC4)CC3)CC2)cc1C. The summed E-state index contributed by atoms with van der Waals surface area (Å²) < 4.78 is 18.7. The maximum atomic E-state index is 14.5. The van der Waals surface area contributed by atoms with Crippen LogP contribution in [0.2, 0.25) is 0 Å². The summed E-state index contributed by atoms with van der Waals surface area (Å²) in [6.45, 7) is 10.5. The predicted octanol–water partition coefficient (Wildman–Crippen LogP) is 7.79. The van der Waals surface area contributed by atoms with Crippen molar-refractivity contribution in [1.82, 2.24) is 20.1 Å². The number of nitrogens with one attached hydrogen (secondary N) is 1. The van der Waals surface area contributed by atoms with Gasteiger partial charge in [0.15, 0.2) is 0 Å². The molecule has 3 heterocycles. The largest absolute Gasteiger partial charge is 0.496 e. The molecule has 0 unspecified atom stereocenters. The molecule has 3 fully saturated rings. The molecule has 1 N–H and O–H groups in total. The number of nitrogens with zero attached hydrogens (tertiary/aromatic N) is 4. The van der Waals surface area contributed by atoms with E-state index in [4.69, 9.17) is 19.2 Å². The van der Waals surface area contributed by atoms with Crippen LogP contribution in [0.5, 0.6) is 5.75 Å². The van der Waals surface area contributed by atoms with Crippen LogP contribution in [0.25, 0.3) is 11.1 Å². The van der Waals surface area contributed by atoms with Gasteiger partial charge in [-0.05, 0) is 139 Å². The summed E-state index contributed by atoms with van der Waals surface area (Å²) in [5.41, 5.74) is 4.41. The number of alkyl carbamates (subject to hydrolysis) is 1. The number of pyridine rings is 1. The summed E-state index contributed by atoms with van der Waals surface area (Å²) in [6, 6.07) is 10.7. The monoisotopic (exact) mass is 685 g/mol. The first-order valence-corrected chi connectivity index (χ1v) is 18.6. The van der Waals surface area contributed by atoms with E-state index in [9.17, 15) is 9.59 Å². The number of ether oxygens (including phenoxy) is 3. The van der Waals surface area contributed by atoms with Crippen molar-refractivity contribution in [3.63, 3.8) is 0 Å². The number of hydrogen-bond acceptors (Lipinski definition) is 7. The van der Waals surface area contributed by atoms with Gasteiger partial charge in [0.1, 0.15) is 17.7 Å². The Kier molecular flexibility index (Phi) is 11.5. The molecule has 0 bridgehead atoms. The molecule has 6 rings (SSSR count). The normalized spacial score (nSPS) is 23.2. The maximum absolute atomic E-state index is 14.5. The van der Waals surface area contributed by atoms with Gasteiger partial charge in [-0.3, -0.25) is 14.4 Å². The van der Waals surface area contributed by atoms with Crippen LogP contribution >= 0.6 is 0 Å². The highest BCUT2D eigenvalue weighted by atomic mass is 16.6. The molecule has 3 aliphatic rings. The van der Waals surface area contributed by atoms with Crippen LogP contribution in [0.15, 0.2) is 48.9 Å². The van der Waals surface area contributed by atoms with Crippen molar-refractivity contribution < 1.29 is 23.8 Å². The average Bonchev–Trinajstić information content (AvgIpc) is 3.63. The fourth-order valence-electron chi connectivity index (χ4n) is 7.81. The Morgan fingerprint density at radius 1 is 0.960 bits per heavy atom. The lowest BCUT2D eigenvalue weighted by molar-refractivity contribution is -0.124. The van der Waals surface area contributed by atoms with Gasteiger partial charge < -0.3 is 19.5 Å². The minimum Gasteiger partial charge on any atom is -0.496 e. The highest BCUT2D eigenvalue weighted by Gasteiger charge is 2.34. The second-order valence-electron chi connectivity index (χ2n) is 15.6. The summed E-state index contributed by atoms with van der Waals surface area (Å²) in [5, 5.41) is 7.61. The summed E-state index contributed by atoms with van der Waals surface area (Å²) in [5.74, 6) is 2.50. The van der Waals surface area contributed by atoms with E-state index in [0.717, 1.165) is 55.4 Å². The van der Waals surface area contributed by atoms with E-state index >= 15 is 0 Å². The number of amides is 2. The summed E-state index contributed by atoms with van der Waals surface area (Å²) in [4.78, 5) is 33.8. The zero-order valence-electron chi connectivity index (χ0n) is 30.5. The van der Waals surface area contributed by atoms with Gasteiger partial charge in [-0.2, -0.15) is 5.10 Å². The molecule has 50 heavy (non-hydrogen) atoms. The summed E-state index contributed by atoms with van der Waals surface area (Å²) in [7, 11) is 1.72. The van der Waals surface area contributed by atoms with Crippen LogP contribution in [-0.4, -0.2) is 65.8 Å². The van der Waals surface area contributed by atoms with Crippen molar-refractivity contribution in [2.45, 2.75) is 116 Å². The quantitative estimate of drug-likeness (QED) is 0.245. The van der Waals surface area contributed by atoms with Crippen LogP contribution < -0.4 is 15.0 Å². The number of hydrogen-bond donors (Lipinski definition) is 1. The minimum absolute atomic E-state index is 0.101. The van der Waals surface area contributed by atoms with Crippen molar-refractivity contribution in [3.05, 3.63) is 60.0 Å². The molecule has 1 saturated heterocycles. The zero-order valence-corrected chi connectivity index (χ0v) is 30.5. The van der Waals surface area contributed by atoms with Gasteiger partial charge in [0, 0.05) is 49.7 Å². The molecule has 270 valence electrons. The van der Waals surface area contributed by atoms with Crippen LogP contribution in [0, 0.1) is 18.8 Å². The molecule has 10 nitrogen and oxygen atoms in total. The van der Waals surface area contributed by atoms with Gasteiger partial charge in [0.25, 0.3) is 0 Å². The Hall–Kier alpha value is -3.92. The van der Waals surface area contributed by atoms with Crippen LogP contribution in [-0.2, 0) is 19.8 Å². The number of anilines is 1. The lowest BCUT2D eigenvalue weighted by atomic mass is 9.78. The number of carbonyl (C=O) groups is 2. The Bertz CT molecular complexity index is 1590. The van der Waals surface area contributed by atoms with Crippen molar-refractivity contribution >= 4 is 17.8 Å². The Morgan fingerprint density at radius 3 is 2.36 bits per heavy atom. The van der Waals surface area contributed by atoms with Gasteiger partial charge in [-0.25, -0.2) is 9.78 Å². The van der Waals surface area contributed by atoms with Crippen LogP contribution in [0.3, 0.4) is 0 Å². The molecular formula is C40H55N5O5. The predicted molar refractivity (Wildman–Crippen MR) is 194 cm³/mol. The first kappa shape index (κ1) is 35.9. The Morgan fingerprint density at radius 2 is 1.70 bits per heavy atom. The molecule has 1 aromatic carbocycles. The van der Waals surface area contributed by atoms with E-state index < -0.39 is 0 Å². The molecule has 0 radical (unpaired) electrons. The fourth-order valence-corrected chi connectivity index (χ4v) is 7.81. The number of benzene rings is 1. The third-order valence-corrected chi connectivity index (χ3v) is 10.9. The number of aromatic nitrogens is 3. The lowest BCUT2D eigenvalue weighted by Crippen LogP contribution is -2.43. The fraction of sp³-hybridized carbons (Fsp3) is 0.600. The first-order chi connectivity index (χ1) is 24.1. The number of carbonyl (C=O) groups excluding carboxylic acids is 2. The second kappa shape index (κ2) is 16.0. The second-order valence-corrected chi connectivity index (χ2v) is 15.6. The van der Waals surface area contributed by atoms with Gasteiger partial charge in [-0.15, -0.1) is 0 Å². The molecule has 0 atom stereocenters. The van der Waals surface area contributed by atoms with E-state index in [0.29, 0.717) is 63.1 Å². The molecule has 2 amide bonds. The van der Waals surface area contributed by atoms with Crippen LogP contribution in [0.4, 0.5) is 10.6 Å². The van der Waals surface area contributed by atoms with Gasteiger partial charge >= 0.3 is 6.09 Å². The van der Waals surface area contributed by atoms with Crippen molar-refractivity contribution in [3.8, 4) is 16.9 Å². The number of methoxy groups -OCH3 is 1. The Balaban J connectivity index is 1.14. The average molecular weight is 686 g/mol. The maximum Gasteiger partial charge on any atom is 0.407 e. The smallest absolute Gasteiger partial charge is 0.407 e. The highest BCUT2D eigenvalue weighted by molar-refractivity contribution is 5.94. The number of aryl methyl sites for hydroxylation is 1. The summed E-state index contributed by atoms with van der Waals surface area (Å²) in [6.07, 6.45) is 13.9. The molecule has 0 spiro atoms. The summed E-state index contributed by atoms with van der Waals surface area (Å²) >= 11 is 0. The molecular weight excluding hydrogens is 630 g/mol. The molecule has 2 saturated carbocycles. The molecule has 1 aliphatic heterocycles. The molecule has 10 heteroatoms. The van der Waals surface area contributed by atoms with Gasteiger partial charge in [-0.1, -0.05) is 12.1 Å². The topological polar surface area (TPSA) is 108 Å². The number of rotatable bonds is 9. The van der Waals surface area contributed by atoms with Crippen molar-refractivity contribution in [2.24, 2.45) is 11.8 Å². The van der Waals surface area contributed by atoms with E-state index in [2.05, 4.69) is 62.5 Å². The minimum atomic E-state index is -0.357. The lowest BCUT2D eigenvalue weighted by Gasteiger charge is -2.36. The highest BCUT2D eigenvalue weighted by Crippen LogP contribution is 2.39. The van der Waals surface area contributed by atoms with Crippen molar-refractivity contribution in [2.75, 3.05) is 31.8 Å². The standard InChI is InChI=1S/C40H55N5O5/c1-27-22-31(12-15-36(27)48-5)29-8-6-28(7-9-29)25-44(37-23-32(16-19-41-37)33-24-42-45(26-33)40(2,3)4)38(46)30-10-13-35(14-11-30)50-39(47)43-34-17-20-49-21-18-34/h12,15-16,19,22-24,26,28-30,34-35H,6-11,13-14,17-18,20-21,25H2,1-5H3,(H,43,47)/t28-,29-,30-,35-. The third kappa shape index (κ3) is 8.86. The Labute approximate surface area is 297 Å². The van der Waals surface area contributed by atoms with E-state index in [1.807, 2.05) is 34.1 Å². The van der Waals surface area contributed by atoms with Gasteiger partial charge in [0.05, 0.1) is 18.8 Å². The molecule has 3 aromatic rings. The van der Waals surface area contributed by atoms with Gasteiger partial charge in [0.2, 0.25) is 5.91 Å². The zero-order chi connectivity index (χ0) is 35.3. The van der Waals surface area contributed by atoms with Crippen LogP contribution in [0.1, 0.15) is 102 Å². The molecule has 2 aliphatic carbocycles. The van der Waals surface area contributed by atoms with E-state index in [1.165, 1.54) is 11.1 Å². The first-order valence-electron chi connectivity index (χ1n) is 18.6. The third-order valence-electron chi connectivity index (χ3n) is 10.9. The van der Waals surface area contributed by atoms with E-state index in [-0.39, 0.29) is 35.6 Å². The van der Waals surface area contributed by atoms with Crippen molar-refractivity contribution in [1.29, 1.82) is 0 Å². The molecule has 2 aromatic heterocycles. The van der Waals surface area contributed by atoms with E-state index in [1.54, 1.807) is 7.11 Å².